The van der Waals surface area contributed by atoms with Crippen molar-refractivity contribution in [3.05, 3.63) is 0 Å². The van der Waals surface area contributed by atoms with Gasteiger partial charge >= 0.3 is 0 Å². The summed E-state index contributed by atoms with van der Waals surface area (Å²) in [4.78, 5) is 14.2. The first kappa shape index (κ1) is 14.8. The van der Waals surface area contributed by atoms with Gasteiger partial charge in [0, 0.05) is 32.5 Å². The van der Waals surface area contributed by atoms with Crippen LogP contribution in [0.15, 0.2) is 0 Å². The summed E-state index contributed by atoms with van der Waals surface area (Å²) >= 11 is 1.79. The molecule has 0 saturated carbocycles. The van der Waals surface area contributed by atoms with Crippen molar-refractivity contribution in [1.82, 2.24) is 10.2 Å². The Morgan fingerprint density at radius 3 is 2.82 bits per heavy atom. The lowest BCUT2D eigenvalue weighted by Gasteiger charge is -2.29. The minimum atomic E-state index is -0.0687. The largest absolute Gasteiger partial charge is 0.380 e. The zero-order valence-corrected chi connectivity index (χ0v) is 12.0. The van der Waals surface area contributed by atoms with E-state index >= 15 is 0 Å². The molecule has 1 saturated heterocycles. The molecule has 0 aromatic heterocycles. The van der Waals surface area contributed by atoms with E-state index in [0.29, 0.717) is 6.04 Å². The number of rotatable bonds is 6. The van der Waals surface area contributed by atoms with Crippen molar-refractivity contribution in [3.8, 4) is 0 Å². The Balaban J connectivity index is 2.51. The van der Waals surface area contributed by atoms with E-state index in [4.69, 9.17) is 4.74 Å². The number of likely N-dealkylation sites (N-methyl/N-ethyl adjacent to an activating group) is 1. The Bertz CT molecular complexity index is 251. The van der Waals surface area contributed by atoms with Gasteiger partial charge in [-0.2, -0.15) is 11.8 Å². The molecular weight excluding hydrogens is 236 g/mol. The van der Waals surface area contributed by atoms with E-state index in [-0.39, 0.29) is 18.1 Å². The molecule has 0 aliphatic carbocycles. The zero-order chi connectivity index (χ0) is 12.8. The van der Waals surface area contributed by atoms with Gasteiger partial charge in [0.2, 0.25) is 5.91 Å². The maximum absolute atomic E-state index is 12.3. The summed E-state index contributed by atoms with van der Waals surface area (Å²) in [5.41, 5.74) is 0. The lowest BCUT2D eigenvalue weighted by molar-refractivity contribution is -0.133. The molecule has 1 aliphatic heterocycles. The van der Waals surface area contributed by atoms with Gasteiger partial charge in [0.05, 0.1) is 12.1 Å². The number of nitrogens with zero attached hydrogens (tertiary/aromatic N) is 1. The maximum Gasteiger partial charge on any atom is 0.239 e. The molecule has 1 fully saturated rings. The lowest BCUT2D eigenvalue weighted by atomic mass is 10.1. The molecule has 3 unspecified atom stereocenters. The Hall–Kier alpha value is -0.260. The normalized spacial score (nSPS) is 25.9. The fourth-order valence-corrected chi connectivity index (χ4v) is 3.04. The van der Waals surface area contributed by atoms with Crippen LogP contribution in [0.25, 0.3) is 0 Å². The topological polar surface area (TPSA) is 41.6 Å². The van der Waals surface area contributed by atoms with Gasteiger partial charge < -0.3 is 15.0 Å². The Morgan fingerprint density at radius 2 is 2.35 bits per heavy atom. The highest BCUT2D eigenvalue weighted by Crippen LogP contribution is 2.15. The molecule has 0 aromatic carbocycles. The molecular formula is C12H24N2O2S. The smallest absolute Gasteiger partial charge is 0.239 e. The highest BCUT2D eigenvalue weighted by Gasteiger charge is 2.32. The fraction of sp³-hybridized carbons (Fsp3) is 0.917. The minimum Gasteiger partial charge on any atom is -0.380 e. The highest BCUT2D eigenvalue weighted by molar-refractivity contribution is 7.98. The Morgan fingerprint density at radius 1 is 1.65 bits per heavy atom. The van der Waals surface area contributed by atoms with Crippen LogP contribution < -0.4 is 5.32 Å². The number of hydrogen-bond acceptors (Lipinski definition) is 4. The molecule has 1 rings (SSSR count). The molecule has 1 heterocycles. The first-order chi connectivity index (χ1) is 8.13. The predicted octanol–water partition coefficient (Wildman–Crippen LogP) is 0.963. The summed E-state index contributed by atoms with van der Waals surface area (Å²) in [6, 6.07) is 0.266. The van der Waals surface area contributed by atoms with Crippen molar-refractivity contribution in [2.45, 2.75) is 38.0 Å². The average molecular weight is 260 g/mol. The number of carbonyl (C=O) groups excluding carboxylic acids is 1. The van der Waals surface area contributed by atoms with Crippen LogP contribution >= 0.6 is 11.8 Å². The number of nitrogens with one attached hydrogen (secondary N) is 1. The average Bonchev–Trinajstić information content (AvgIpc) is 2.82. The molecule has 100 valence electrons. The Labute approximate surface area is 108 Å². The lowest BCUT2D eigenvalue weighted by Crippen LogP contribution is -2.47. The van der Waals surface area contributed by atoms with Crippen molar-refractivity contribution >= 4 is 17.7 Å². The standard InChI is InChI=1S/C12H24N2O2S/c1-5-9(8-17-4)14(2)12(15)11-6-10(16-3)7-13-11/h9-11,13H,5-8H2,1-4H3. The number of thioether (sulfide) groups is 1. The number of methoxy groups -OCH3 is 1. The van der Waals surface area contributed by atoms with Crippen LogP contribution in [-0.4, -0.2) is 61.7 Å². The highest BCUT2D eigenvalue weighted by atomic mass is 32.2. The van der Waals surface area contributed by atoms with E-state index in [1.807, 2.05) is 11.9 Å². The third-order valence-electron chi connectivity index (χ3n) is 3.45. The molecule has 0 bridgehead atoms. The van der Waals surface area contributed by atoms with Crippen molar-refractivity contribution in [2.75, 3.05) is 32.7 Å². The summed E-state index contributed by atoms with van der Waals surface area (Å²) in [7, 11) is 3.61. The van der Waals surface area contributed by atoms with Crippen molar-refractivity contribution in [2.24, 2.45) is 0 Å². The second-order valence-corrected chi connectivity index (χ2v) is 5.43. The molecule has 17 heavy (non-hydrogen) atoms. The fourth-order valence-electron chi connectivity index (χ4n) is 2.19. The van der Waals surface area contributed by atoms with E-state index in [1.165, 1.54) is 0 Å². The molecule has 1 N–H and O–H groups in total. The van der Waals surface area contributed by atoms with Gasteiger partial charge in [-0.15, -0.1) is 0 Å². The minimum absolute atomic E-state index is 0.0687. The van der Waals surface area contributed by atoms with E-state index < -0.39 is 0 Å². The summed E-state index contributed by atoms with van der Waals surface area (Å²) in [6.45, 7) is 2.91. The van der Waals surface area contributed by atoms with E-state index in [1.54, 1.807) is 18.9 Å². The van der Waals surface area contributed by atoms with Crippen LogP contribution in [-0.2, 0) is 9.53 Å². The van der Waals surface area contributed by atoms with Crippen molar-refractivity contribution in [1.29, 1.82) is 0 Å². The molecule has 1 aliphatic rings. The third-order valence-corrected chi connectivity index (χ3v) is 4.17. The molecule has 0 spiro atoms. The first-order valence-corrected chi connectivity index (χ1v) is 7.55. The van der Waals surface area contributed by atoms with Gasteiger partial charge in [-0.3, -0.25) is 4.79 Å². The number of hydrogen-bond donors (Lipinski definition) is 1. The van der Waals surface area contributed by atoms with Crippen LogP contribution in [0.5, 0.6) is 0 Å². The molecule has 1 amide bonds. The molecule has 4 nitrogen and oxygen atoms in total. The van der Waals surface area contributed by atoms with Gasteiger partial charge in [0.25, 0.3) is 0 Å². The van der Waals surface area contributed by atoms with Crippen LogP contribution in [0.1, 0.15) is 19.8 Å². The first-order valence-electron chi connectivity index (χ1n) is 6.15. The second kappa shape index (κ2) is 7.24. The van der Waals surface area contributed by atoms with Gasteiger partial charge in [-0.1, -0.05) is 6.92 Å². The molecule has 3 atom stereocenters. The third kappa shape index (κ3) is 3.86. The van der Waals surface area contributed by atoms with Gasteiger partial charge in [0.15, 0.2) is 0 Å². The van der Waals surface area contributed by atoms with E-state index in [9.17, 15) is 4.79 Å². The quantitative estimate of drug-likeness (QED) is 0.772. The summed E-state index contributed by atoms with van der Waals surface area (Å²) in [5, 5.41) is 3.24. The second-order valence-electron chi connectivity index (χ2n) is 4.52. The summed E-state index contributed by atoms with van der Waals surface area (Å²) in [6.07, 6.45) is 4.05. The summed E-state index contributed by atoms with van der Waals surface area (Å²) < 4.78 is 5.27. The van der Waals surface area contributed by atoms with Crippen LogP contribution in [0, 0.1) is 0 Å². The van der Waals surface area contributed by atoms with Crippen molar-refractivity contribution < 1.29 is 9.53 Å². The predicted molar refractivity (Wildman–Crippen MR) is 72.4 cm³/mol. The number of amides is 1. The van der Waals surface area contributed by atoms with E-state index in [2.05, 4.69) is 18.5 Å². The summed E-state index contributed by atoms with van der Waals surface area (Å²) in [5.74, 6) is 1.20. The van der Waals surface area contributed by atoms with Crippen molar-refractivity contribution in [3.63, 3.8) is 0 Å². The monoisotopic (exact) mass is 260 g/mol. The van der Waals surface area contributed by atoms with Gasteiger partial charge in [0.1, 0.15) is 0 Å². The van der Waals surface area contributed by atoms with Gasteiger partial charge in [-0.05, 0) is 19.1 Å². The number of carbonyl (C=O) groups is 1. The molecule has 5 heteroatoms. The number of ether oxygens (including phenoxy) is 1. The molecule has 0 aromatic rings. The SMILES string of the molecule is CCC(CSC)N(C)C(=O)C1CC(OC)CN1. The zero-order valence-electron chi connectivity index (χ0n) is 11.2. The van der Waals surface area contributed by atoms with Crippen LogP contribution in [0.2, 0.25) is 0 Å². The Kier molecular flexibility index (Phi) is 6.30. The van der Waals surface area contributed by atoms with Crippen LogP contribution in [0.3, 0.4) is 0 Å². The van der Waals surface area contributed by atoms with Gasteiger partial charge in [-0.25, -0.2) is 0 Å². The van der Waals surface area contributed by atoms with E-state index in [0.717, 1.165) is 25.1 Å². The molecule has 0 radical (unpaired) electrons. The maximum atomic E-state index is 12.3. The van der Waals surface area contributed by atoms with Crippen LogP contribution in [0.4, 0.5) is 0 Å².